The van der Waals surface area contributed by atoms with Gasteiger partial charge in [0.05, 0.1) is 14.8 Å². The summed E-state index contributed by atoms with van der Waals surface area (Å²) in [5, 5.41) is 33.2. The van der Waals surface area contributed by atoms with Gasteiger partial charge in [0.15, 0.2) is 0 Å². The number of nitro groups is 3. The number of aromatic amines is 1. The van der Waals surface area contributed by atoms with Gasteiger partial charge in [-0.15, -0.1) is 0 Å². The van der Waals surface area contributed by atoms with Crippen molar-refractivity contribution in [3.63, 3.8) is 0 Å². The molecule has 0 bridgehead atoms. The lowest BCUT2D eigenvalue weighted by Crippen LogP contribution is -2.27. The summed E-state index contributed by atoms with van der Waals surface area (Å²) in [6.07, 6.45) is 0.804. The fraction of sp³-hybridized carbons (Fsp3) is 0.0526. The minimum absolute atomic E-state index is 0.0641. The molecule has 288 valence electrons. The van der Waals surface area contributed by atoms with Crippen LogP contribution >= 0.6 is 0 Å². The first-order valence-corrected chi connectivity index (χ1v) is 17.4. The van der Waals surface area contributed by atoms with Crippen LogP contribution in [0.4, 0.5) is 35.9 Å². The molecule has 0 atom stereocenters. The lowest BCUT2D eigenvalue weighted by Gasteiger charge is -2.08. The van der Waals surface area contributed by atoms with Gasteiger partial charge in [0.1, 0.15) is 5.75 Å². The van der Waals surface area contributed by atoms with E-state index in [0.29, 0.717) is 5.69 Å². The summed E-state index contributed by atoms with van der Waals surface area (Å²) in [6.45, 7) is 0. The SMILES string of the molecule is Nc1ccc([N+](=O)[O-])cc1.O=S(=O)(Oc1ccccc1)C(F)(F)F.O=[N+]([O-])c1ccc(Cc2ccccc2)cc1.O=[N+]([O-])c1ccc2[nH]c3ccccc3c2c1. The number of non-ortho nitro benzene ring substituents is 3. The Bertz CT molecular complexity index is 2520. The van der Waals surface area contributed by atoms with E-state index in [1.165, 1.54) is 66.2 Å². The maximum absolute atomic E-state index is 11.8. The fourth-order valence-electron chi connectivity index (χ4n) is 4.76. The van der Waals surface area contributed by atoms with E-state index < -0.39 is 20.5 Å². The number of hydrogen-bond acceptors (Lipinski definition) is 10. The molecule has 0 aliphatic carbocycles. The second-order valence-corrected chi connectivity index (χ2v) is 12.9. The van der Waals surface area contributed by atoms with E-state index in [-0.39, 0.29) is 32.7 Å². The number of nitrogens with zero attached hydrogens (tertiary/aromatic N) is 3. The van der Waals surface area contributed by atoms with Crippen molar-refractivity contribution in [2.75, 3.05) is 5.73 Å². The average Bonchev–Trinajstić information content (AvgIpc) is 3.54. The Balaban J connectivity index is 0.000000168. The highest BCUT2D eigenvalue weighted by Gasteiger charge is 2.48. The molecule has 0 fully saturated rings. The van der Waals surface area contributed by atoms with E-state index in [0.717, 1.165) is 45.9 Å². The monoisotopic (exact) mass is 789 g/mol. The van der Waals surface area contributed by atoms with Crippen LogP contribution < -0.4 is 9.92 Å². The highest BCUT2D eigenvalue weighted by Crippen LogP contribution is 2.29. The molecule has 6 aromatic carbocycles. The Morgan fingerprint density at radius 2 is 1.02 bits per heavy atom. The van der Waals surface area contributed by atoms with Crippen LogP contribution in [0.2, 0.25) is 0 Å². The van der Waals surface area contributed by atoms with Crippen LogP contribution in [0.1, 0.15) is 11.1 Å². The normalized spacial score (nSPS) is 10.8. The molecule has 56 heavy (non-hydrogen) atoms. The van der Waals surface area contributed by atoms with Gasteiger partial charge >= 0.3 is 15.6 Å². The number of nitro benzene ring substituents is 3. The summed E-state index contributed by atoms with van der Waals surface area (Å²) in [7, 11) is -5.55. The average molecular weight is 790 g/mol. The topological polar surface area (TPSA) is 215 Å². The maximum atomic E-state index is 11.8. The summed E-state index contributed by atoms with van der Waals surface area (Å²) >= 11 is 0. The number of anilines is 1. The number of nitrogen functional groups attached to an aromatic ring is 1. The summed E-state index contributed by atoms with van der Waals surface area (Å²) in [4.78, 5) is 33.3. The lowest BCUT2D eigenvalue weighted by atomic mass is 10.1. The van der Waals surface area contributed by atoms with E-state index in [1.807, 2.05) is 54.6 Å². The highest BCUT2D eigenvalue weighted by molar-refractivity contribution is 7.88. The van der Waals surface area contributed by atoms with Crippen LogP contribution in [0, 0.1) is 30.3 Å². The molecular weight excluding hydrogens is 760 g/mol. The summed E-state index contributed by atoms with van der Waals surface area (Å²) in [6, 6.07) is 41.6. The molecule has 0 amide bonds. The van der Waals surface area contributed by atoms with Crippen molar-refractivity contribution in [3.05, 3.63) is 193 Å². The standard InChI is InChI=1S/C13H11NO2.C12H8N2O2.C7H5F3O3S.C6H6N2O2/c15-14(16)13-8-6-12(7-9-13)10-11-4-2-1-3-5-11;15-14(16)8-5-6-12-10(7-8)9-3-1-2-4-11(9)13-12;8-7(9,10)14(11,12)13-6-4-2-1-3-5-6;7-5-1-3-6(4-2-5)8(9)10/h1-9H,10H2;1-7,13H;1-5H;1-4H,7H2. The predicted octanol–water partition coefficient (Wildman–Crippen LogP) is 9.51. The molecule has 0 saturated heterocycles. The van der Waals surface area contributed by atoms with Crippen molar-refractivity contribution < 1.29 is 40.5 Å². The molecule has 0 radical (unpaired) electrons. The number of rotatable bonds is 7. The number of aromatic nitrogens is 1. The van der Waals surface area contributed by atoms with E-state index in [1.54, 1.807) is 24.3 Å². The highest BCUT2D eigenvalue weighted by atomic mass is 32.2. The van der Waals surface area contributed by atoms with E-state index in [4.69, 9.17) is 5.73 Å². The van der Waals surface area contributed by atoms with Crippen molar-refractivity contribution in [2.24, 2.45) is 0 Å². The molecule has 3 N–H and O–H groups in total. The zero-order valence-electron chi connectivity index (χ0n) is 28.8. The zero-order chi connectivity index (χ0) is 40.9. The van der Waals surface area contributed by atoms with Gasteiger partial charge in [0, 0.05) is 63.9 Å². The van der Waals surface area contributed by atoms with E-state index >= 15 is 0 Å². The van der Waals surface area contributed by atoms with Crippen molar-refractivity contribution in [1.82, 2.24) is 4.98 Å². The van der Waals surface area contributed by atoms with Crippen molar-refractivity contribution >= 4 is 54.7 Å². The number of halogens is 3. The minimum Gasteiger partial charge on any atom is -0.399 e. The summed E-state index contributed by atoms with van der Waals surface area (Å²) in [5.41, 5.74) is 4.97. The summed E-state index contributed by atoms with van der Waals surface area (Å²) in [5.74, 6) is -0.371. The second-order valence-electron chi connectivity index (χ2n) is 11.4. The van der Waals surface area contributed by atoms with Gasteiger partial charge in [-0.3, -0.25) is 30.3 Å². The van der Waals surface area contributed by atoms with Crippen LogP contribution in [0.3, 0.4) is 0 Å². The number of nitrogens with two attached hydrogens (primary N) is 1. The van der Waals surface area contributed by atoms with Gasteiger partial charge < -0.3 is 14.9 Å². The predicted molar refractivity (Wildman–Crippen MR) is 204 cm³/mol. The molecule has 7 aromatic rings. The number of nitrogens with one attached hydrogen (secondary N) is 1. The van der Waals surface area contributed by atoms with Crippen molar-refractivity contribution in [1.29, 1.82) is 0 Å². The molecule has 1 aromatic heterocycles. The number of para-hydroxylation sites is 2. The van der Waals surface area contributed by atoms with Crippen LogP contribution in [0.15, 0.2) is 152 Å². The van der Waals surface area contributed by atoms with Crippen LogP contribution in [0.25, 0.3) is 21.8 Å². The molecule has 0 saturated carbocycles. The molecule has 14 nitrogen and oxygen atoms in total. The van der Waals surface area contributed by atoms with Gasteiger partial charge in [-0.05, 0) is 53.9 Å². The Kier molecular flexibility index (Phi) is 13.8. The second kappa shape index (κ2) is 18.6. The van der Waals surface area contributed by atoms with Crippen LogP contribution in [0.5, 0.6) is 5.75 Å². The fourth-order valence-corrected chi connectivity index (χ4v) is 5.22. The Labute approximate surface area is 316 Å². The zero-order valence-corrected chi connectivity index (χ0v) is 29.6. The van der Waals surface area contributed by atoms with Gasteiger partial charge in [-0.2, -0.15) is 21.6 Å². The number of H-pyrrole nitrogens is 1. The first-order valence-electron chi connectivity index (χ1n) is 16.0. The van der Waals surface area contributed by atoms with Crippen molar-refractivity contribution in [3.8, 4) is 5.75 Å². The maximum Gasteiger partial charge on any atom is 0.534 e. The van der Waals surface area contributed by atoms with Crippen LogP contribution in [-0.2, 0) is 16.5 Å². The smallest absolute Gasteiger partial charge is 0.399 e. The number of benzene rings is 6. The Morgan fingerprint density at radius 1 is 0.571 bits per heavy atom. The van der Waals surface area contributed by atoms with Crippen molar-refractivity contribution in [2.45, 2.75) is 11.9 Å². The number of hydrogen-bond donors (Lipinski definition) is 2. The lowest BCUT2D eigenvalue weighted by molar-refractivity contribution is -0.385. The molecule has 1 heterocycles. The Morgan fingerprint density at radius 3 is 1.55 bits per heavy atom. The molecule has 18 heteroatoms. The summed E-state index contributed by atoms with van der Waals surface area (Å²) < 4.78 is 60.2. The third kappa shape index (κ3) is 11.8. The van der Waals surface area contributed by atoms with Gasteiger partial charge in [0.25, 0.3) is 17.1 Å². The molecule has 0 spiro atoms. The first kappa shape index (κ1) is 41.4. The largest absolute Gasteiger partial charge is 0.534 e. The molecular formula is C38H30F3N5O9S. The molecule has 7 rings (SSSR count). The van der Waals surface area contributed by atoms with Crippen LogP contribution in [-0.4, -0.2) is 33.7 Å². The van der Waals surface area contributed by atoms with Gasteiger partial charge in [-0.25, -0.2) is 0 Å². The third-order valence-corrected chi connectivity index (χ3v) is 8.41. The van der Waals surface area contributed by atoms with Gasteiger partial charge in [-0.1, -0.05) is 78.9 Å². The third-order valence-electron chi connectivity index (χ3n) is 7.44. The Hall–Kier alpha value is -7.34. The minimum atomic E-state index is -5.55. The van der Waals surface area contributed by atoms with E-state index in [9.17, 15) is 51.9 Å². The van der Waals surface area contributed by atoms with Gasteiger partial charge in [0.2, 0.25) is 0 Å². The number of fused-ring (bicyclic) bond motifs is 3. The van der Waals surface area contributed by atoms with E-state index in [2.05, 4.69) is 9.17 Å². The quantitative estimate of drug-likeness (QED) is 0.0512. The first-order chi connectivity index (χ1) is 26.5. The number of alkyl halides is 3. The molecule has 0 unspecified atom stereocenters. The molecule has 0 aliphatic heterocycles. The molecule has 0 aliphatic rings.